The number of benzene rings is 1. The van der Waals surface area contributed by atoms with Crippen molar-refractivity contribution in [1.29, 1.82) is 0 Å². The van der Waals surface area contributed by atoms with E-state index in [2.05, 4.69) is 49.7 Å². The number of aryl methyl sites for hydroxylation is 2. The molecule has 0 radical (unpaired) electrons. The fourth-order valence-corrected chi connectivity index (χ4v) is 3.90. The molecule has 1 unspecified atom stereocenters. The smallest absolute Gasteiger partial charge is 0.234 e. The maximum absolute atomic E-state index is 5.60. The van der Waals surface area contributed by atoms with Crippen LogP contribution in [-0.4, -0.2) is 46.0 Å². The summed E-state index contributed by atoms with van der Waals surface area (Å²) in [7, 11) is 1.74. The van der Waals surface area contributed by atoms with E-state index in [9.17, 15) is 0 Å². The topological polar surface area (TPSA) is 54.7 Å². The molecule has 136 valence electrons. The zero-order valence-corrected chi connectivity index (χ0v) is 15.6. The maximum Gasteiger partial charge on any atom is 0.234 e. The summed E-state index contributed by atoms with van der Waals surface area (Å²) in [6.45, 7) is 7.83. The summed E-state index contributed by atoms with van der Waals surface area (Å²) >= 11 is 0. The number of nitrogens with one attached hydrogen (secondary N) is 1. The third-order valence-electron chi connectivity index (χ3n) is 5.08. The zero-order valence-electron chi connectivity index (χ0n) is 15.6. The predicted octanol–water partition coefficient (Wildman–Crippen LogP) is 2.50. The van der Waals surface area contributed by atoms with E-state index >= 15 is 0 Å². The Morgan fingerprint density at radius 1 is 1.27 bits per heavy atom. The Labute approximate surface area is 153 Å². The Balaban J connectivity index is 1.68. The third-order valence-corrected chi connectivity index (χ3v) is 5.08. The molecule has 6 heteroatoms. The highest BCUT2D eigenvalue weighted by Crippen LogP contribution is 2.31. The van der Waals surface area contributed by atoms with Crippen LogP contribution in [0.15, 0.2) is 36.5 Å². The van der Waals surface area contributed by atoms with Crippen molar-refractivity contribution in [2.75, 3.05) is 26.7 Å². The highest BCUT2D eigenvalue weighted by molar-refractivity contribution is 5.38. The molecule has 0 aliphatic carbocycles. The van der Waals surface area contributed by atoms with E-state index < -0.39 is 0 Å². The molecule has 0 spiro atoms. The molecule has 6 nitrogen and oxygen atoms in total. The van der Waals surface area contributed by atoms with Gasteiger partial charge in [-0.2, -0.15) is 0 Å². The van der Waals surface area contributed by atoms with Gasteiger partial charge in [-0.3, -0.25) is 9.30 Å². The predicted molar refractivity (Wildman–Crippen MR) is 101 cm³/mol. The van der Waals surface area contributed by atoms with Gasteiger partial charge >= 0.3 is 0 Å². The summed E-state index contributed by atoms with van der Waals surface area (Å²) in [5, 5.41) is 3.52. The molecule has 1 aromatic carbocycles. The lowest BCUT2D eigenvalue weighted by Crippen LogP contribution is -2.45. The van der Waals surface area contributed by atoms with Gasteiger partial charge in [0.05, 0.1) is 25.0 Å². The summed E-state index contributed by atoms with van der Waals surface area (Å²) in [6, 6.07) is 10.7. The number of hydrogen-bond donors (Lipinski definition) is 1. The molecule has 4 rings (SSSR count). The van der Waals surface area contributed by atoms with Crippen molar-refractivity contribution in [2.24, 2.45) is 0 Å². The SMILES string of the molecule is COc1ccccc1C1CNCCN1Cc1cnc2nc(C)cc(C)n12. The van der Waals surface area contributed by atoms with E-state index in [0.717, 1.165) is 43.4 Å². The Morgan fingerprint density at radius 2 is 2.12 bits per heavy atom. The van der Waals surface area contributed by atoms with Crippen LogP contribution in [0, 0.1) is 13.8 Å². The summed E-state index contributed by atoms with van der Waals surface area (Å²) in [4.78, 5) is 11.6. The van der Waals surface area contributed by atoms with Crippen molar-refractivity contribution < 1.29 is 4.74 Å². The molecule has 1 aliphatic rings. The van der Waals surface area contributed by atoms with Crippen molar-refractivity contribution in [2.45, 2.75) is 26.4 Å². The molecule has 1 N–H and O–H groups in total. The molecule has 0 bridgehead atoms. The minimum Gasteiger partial charge on any atom is -0.496 e. The fraction of sp³-hybridized carbons (Fsp3) is 0.400. The number of rotatable bonds is 4. The molecule has 26 heavy (non-hydrogen) atoms. The summed E-state index contributed by atoms with van der Waals surface area (Å²) in [5.41, 5.74) is 4.57. The quantitative estimate of drug-likeness (QED) is 0.783. The first-order chi connectivity index (χ1) is 12.7. The lowest BCUT2D eigenvalue weighted by atomic mass is 10.0. The summed E-state index contributed by atoms with van der Waals surface area (Å²) in [5.74, 6) is 1.72. The molecular weight excluding hydrogens is 326 g/mol. The average Bonchev–Trinajstić information content (AvgIpc) is 3.05. The fourth-order valence-electron chi connectivity index (χ4n) is 3.90. The lowest BCUT2D eigenvalue weighted by molar-refractivity contribution is 0.149. The van der Waals surface area contributed by atoms with Crippen molar-refractivity contribution in [3.8, 4) is 5.75 Å². The first-order valence-electron chi connectivity index (χ1n) is 9.05. The number of aromatic nitrogens is 3. The number of imidazole rings is 1. The Kier molecular flexibility index (Phi) is 4.61. The summed E-state index contributed by atoms with van der Waals surface area (Å²) < 4.78 is 7.76. The van der Waals surface area contributed by atoms with Crippen LogP contribution in [0.3, 0.4) is 0 Å². The van der Waals surface area contributed by atoms with Crippen molar-refractivity contribution in [3.63, 3.8) is 0 Å². The third kappa shape index (κ3) is 3.06. The monoisotopic (exact) mass is 351 g/mol. The molecule has 1 atom stereocenters. The van der Waals surface area contributed by atoms with E-state index in [1.165, 1.54) is 17.0 Å². The van der Waals surface area contributed by atoms with Gasteiger partial charge in [0, 0.05) is 43.1 Å². The van der Waals surface area contributed by atoms with Gasteiger partial charge in [0.2, 0.25) is 5.78 Å². The molecule has 3 aromatic rings. The van der Waals surface area contributed by atoms with Gasteiger partial charge in [-0.05, 0) is 26.0 Å². The standard InChI is InChI=1S/C20H25N5O/c1-14-10-15(2)25-16(11-22-20(25)23-14)13-24-9-8-21-12-18(24)17-6-4-5-7-19(17)26-3/h4-7,10-11,18,21H,8-9,12-13H2,1-3H3. The van der Waals surface area contributed by atoms with Crippen LogP contribution in [0.25, 0.3) is 5.78 Å². The molecular formula is C20H25N5O. The van der Waals surface area contributed by atoms with Gasteiger partial charge in [0.1, 0.15) is 5.75 Å². The van der Waals surface area contributed by atoms with Crippen LogP contribution in [0.5, 0.6) is 5.75 Å². The molecule has 0 amide bonds. The second-order valence-electron chi connectivity index (χ2n) is 6.86. The number of piperazine rings is 1. The molecule has 1 saturated heterocycles. The zero-order chi connectivity index (χ0) is 18.1. The average molecular weight is 351 g/mol. The van der Waals surface area contributed by atoms with E-state index in [-0.39, 0.29) is 6.04 Å². The first kappa shape index (κ1) is 17.0. The number of para-hydroxylation sites is 1. The van der Waals surface area contributed by atoms with E-state index in [4.69, 9.17) is 4.74 Å². The highest BCUT2D eigenvalue weighted by atomic mass is 16.5. The Bertz CT molecular complexity index is 920. The summed E-state index contributed by atoms with van der Waals surface area (Å²) in [6.07, 6.45) is 1.95. The van der Waals surface area contributed by atoms with Gasteiger partial charge in [0.25, 0.3) is 0 Å². The van der Waals surface area contributed by atoms with Gasteiger partial charge in [-0.15, -0.1) is 0 Å². The minimum absolute atomic E-state index is 0.268. The largest absolute Gasteiger partial charge is 0.496 e. The van der Waals surface area contributed by atoms with Gasteiger partial charge in [-0.1, -0.05) is 18.2 Å². The maximum atomic E-state index is 5.60. The number of ether oxygens (including phenoxy) is 1. The van der Waals surface area contributed by atoms with E-state index in [1.54, 1.807) is 7.11 Å². The van der Waals surface area contributed by atoms with Gasteiger partial charge in [-0.25, -0.2) is 9.97 Å². The molecule has 0 saturated carbocycles. The van der Waals surface area contributed by atoms with E-state index in [0.29, 0.717) is 0 Å². The molecule has 3 heterocycles. The van der Waals surface area contributed by atoms with Gasteiger partial charge < -0.3 is 10.1 Å². The molecule has 1 fully saturated rings. The van der Waals surface area contributed by atoms with Crippen molar-refractivity contribution >= 4 is 5.78 Å². The van der Waals surface area contributed by atoms with Crippen LogP contribution >= 0.6 is 0 Å². The molecule has 1 aliphatic heterocycles. The Morgan fingerprint density at radius 3 is 2.96 bits per heavy atom. The van der Waals surface area contributed by atoms with Gasteiger partial charge in [0.15, 0.2) is 0 Å². The first-order valence-corrected chi connectivity index (χ1v) is 9.05. The van der Waals surface area contributed by atoms with Crippen LogP contribution in [0.2, 0.25) is 0 Å². The number of nitrogens with zero attached hydrogens (tertiary/aromatic N) is 4. The normalized spacial score (nSPS) is 18.3. The van der Waals surface area contributed by atoms with Crippen LogP contribution in [0.1, 0.15) is 28.7 Å². The van der Waals surface area contributed by atoms with E-state index in [1.807, 2.05) is 25.3 Å². The number of fused-ring (bicyclic) bond motifs is 1. The minimum atomic E-state index is 0.268. The van der Waals surface area contributed by atoms with Crippen molar-refractivity contribution in [3.05, 3.63) is 59.2 Å². The highest BCUT2D eigenvalue weighted by Gasteiger charge is 2.27. The second kappa shape index (κ2) is 7.05. The van der Waals surface area contributed by atoms with Crippen LogP contribution in [0.4, 0.5) is 0 Å². The van der Waals surface area contributed by atoms with Crippen LogP contribution < -0.4 is 10.1 Å². The van der Waals surface area contributed by atoms with Crippen molar-refractivity contribution in [1.82, 2.24) is 24.6 Å². The molecule has 2 aromatic heterocycles. The number of hydrogen-bond acceptors (Lipinski definition) is 5. The Hall–Kier alpha value is -2.44. The number of methoxy groups -OCH3 is 1. The second-order valence-corrected chi connectivity index (χ2v) is 6.86. The lowest BCUT2D eigenvalue weighted by Gasteiger charge is -2.37. The van der Waals surface area contributed by atoms with Crippen LogP contribution in [-0.2, 0) is 6.54 Å².